The maximum Gasteiger partial charge on any atom is 0.326 e. The smallest absolute Gasteiger partial charge is 0.326 e. The van der Waals surface area contributed by atoms with Crippen LogP contribution < -0.4 is 20.3 Å². The summed E-state index contributed by atoms with van der Waals surface area (Å²) in [6.45, 7) is 0.837. The van der Waals surface area contributed by atoms with Crippen molar-refractivity contribution in [3.05, 3.63) is 88.4 Å². The highest BCUT2D eigenvalue weighted by Crippen LogP contribution is 2.26. The van der Waals surface area contributed by atoms with Crippen LogP contribution in [0, 0.1) is 0 Å². The van der Waals surface area contributed by atoms with E-state index in [9.17, 15) is 9.59 Å². The predicted molar refractivity (Wildman–Crippen MR) is 134 cm³/mol. The van der Waals surface area contributed by atoms with E-state index in [2.05, 4.69) is 10.6 Å². The van der Waals surface area contributed by atoms with E-state index in [1.807, 2.05) is 30.3 Å². The summed E-state index contributed by atoms with van der Waals surface area (Å²) in [5.41, 5.74) is 2.18. The second-order valence-electron chi connectivity index (χ2n) is 7.27. The van der Waals surface area contributed by atoms with Crippen LogP contribution in [0.3, 0.4) is 0 Å². The molecule has 2 N–H and O–H groups in total. The van der Waals surface area contributed by atoms with Gasteiger partial charge in [0.2, 0.25) is 5.91 Å². The summed E-state index contributed by atoms with van der Waals surface area (Å²) in [6, 6.07) is 21.3. The number of anilines is 2. The summed E-state index contributed by atoms with van der Waals surface area (Å²) >= 11 is 12.0. The Hall–Kier alpha value is -3.22. The Morgan fingerprint density at radius 1 is 0.939 bits per heavy atom. The van der Waals surface area contributed by atoms with Gasteiger partial charge in [-0.1, -0.05) is 53.5 Å². The monoisotopic (exact) mass is 485 g/mol. The second kappa shape index (κ2) is 12.1. The van der Waals surface area contributed by atoms with Gasteiger partial charge in [-0.3, -0.25) is 9.69 Å². The first-order valence-corrected chi connectivity index (χ1v) is 11.2. The highest BCUT2D eigenvalue weighted by Gasteiger charge is 2.17. The van der Waals surface area contributed by atoms with Gasteiger partial charge in [-0.15, -0.1) is 0 Å². The molecule has 172 valence electrons. The third-order valence-electron chi connectivity index (χ3n) is 4.89. The topological polar surface area (TPSA) is 70.7 Å². The van der Waals surface area contributed by atoms with Crippen molar-refractivity contribution in [2.45, 2.75) is 12.8 Å². The number of hydrogen-bond acceptors (Lipinski definition) is 3. The van der Waals surface area contributed by atoms with Gasteiger partial charge in [0, 0.05) is 24.5 Å². The molecule has 3 aromatic carbocycles. The number of halogens is 2. The molecule has 0 bridgehead atoms. The molecule has 3 rings (SSSR count). The standard InChI is InChI=1S/C25H25Cl2N3O3/c1-33-21-11-9-20(10-12-21)30(25(32)29-19-8-13-22(26)23(27)17-19)15-5-14-28-24(31)16-18-6-3-2-4-7-18/h2-4,6-13,17H,5,14-16H2,1H3,(H,28,31)(H,29,32). The van der Waals surface area contributed by atoms with E-state index in [0.717, 1.165) is 5.56 Å². The third kappa shape index (κ3) is 7.41. The highest BCUT2D eigenvalue weighted by atomic mass is 35.5. The molecule has 0 aliphatic rings. The number of benzene rings is 3. The molecule has 0 unspecified atom stereocenters. The van der Waals surface area contributed by atoms with Crippen LogP contribution in [-0.4, -0.2) is 32.1 Å². The Bertz CT molecular complexity index is 1080. The lowest BCUT2D eigenvalue weighted by molar-refractivity contribution is -0.120. The fourth-order valence-electron chi connectivity index (χ4n) is 3.18. The second-order valence-corrected chi connectivity index (χ2v) is 8.09. The average molecular weight is 486 g/mol. The first kappa shape index (κ1) is 24.4. The molecule has 0 aliphatic carbocycles. The minimum absolute atomic E-state index is 0.0579. The molecular weight excluding hydrogens is 461 g/mol. The van der Waals surface area contributed by atoms with Gasteiger partial charge in [-0.2, -0.15) is 0 Å². The predicted octanol–water partition coefficient (Wildman–Crippen LogP) is 5.79. The lowest BCUT2D eigenvalue weighted by Crippen LogP contribution is -2.37. The maximum atomic E-state index is 13.1. The Morgan fingerprint density at radius 3 is 2.33 bits per heavy atom. The minimum Gasteiger partial charge on any atom is -0.497 e. The number of carbonyl (C=O) groups excluding carboxylic acids is 2. The van der Waals surface area contributed by atoms with Gasteiger partial charge >= 0.3 is 6.03 Å². The molecule has 8 heteroatoms. The molecule has 3 aromatic rings. The molecule has 6 nitrogen and oxygen atoms in total. The van der Waals surface area contributed by atoms with Gasteiger partial charge in [0.05, 0.1) is 23.6 Å². The van der Waals surface area contributed by atoms with Gasteiger partial charge in [0.15, 0.2) is 0 Å². The first-order chi connectivity index (χ1) is 16.0. The van der Waals surface area contributed by atoms with Gasteiger partial charge in [-0.05, 0) is 54.4 Å². The summed E-state index contributed by atoms with van der Waals surface area (Å²) in [6.07, 6.45) is 0.891. The Labute approximate surface area is 203 Å². The van der Waals surface area contributed by atoms with Crippen molar-refractivity contribution in [2.24, 2.45) is 0 Å². The molecule has 0 radical (unpaired) electrons. The van der Waals surface area contributed by atoms with Crippen LogP contribution in [0.2, 0.25) is 10.0 Å². The van der Waals surface area contributed by atoms with Crippen molar-refractivity contribution in [1.82, 2.24) is 5.32 Å². The van der Waals surface area contributed by atoms with Crippen LogP contribution in [0.15, 0.2) is 72.8 Å². The van der Waals surface area contributed by atoms with Crippen molar-refractivity contribution in [3.8, 4) is 5.75 Å². The quantitative estimate of drug-likeness (QED) is 0.376. The summed E-state index contributed by atoms with van der Waals surface area (Å²) in [5.74, 6) is 0.634. The number of carbonyl (C=O) groups is 2. The van der Waals surface area contributed by atoms with E-state index >= 15 is 0 Å². The largest absolute Gasteiger partial charge is 0.497 e. The van der Waals surface area contributed by atoms with E-state index in [0.29, 0.717) is 53.1 Å². The Balaban J connectivity index is 1.61. The number of methoxy groups -OCH3 is 1. The molecule has 3 amide bonds. The van der Waals surface area contributed by atoms with Crippen molar-refractivity contribution in [3.63, 3.8) is 0 Å². The lowest BCUT2D eigenvalue weighted by atomic mass is 10.1. The number of rotatable bonds is 9. The van der Waals surface area contributed by atoms with Gasteiger partial charge in [-0.25, -0.2) is 4.79 Å². The molecular formula is C25H25Cl2N3O3. The zero-order valence-electron chi connectivity index (χ0n) is 18.2. The van der Waals surface area contributed by atoms with Gasteiger partial charge in [0.25, 0.3) is 0 Å². The maximum absolute atomic E-state index is 13.1. The van der Waals surface area contributed by atoms with Crippen LogP contribution in [0.5, 0.6) is 5.75 Å². The summed E-state index contributed by atoms with van der Waals surface area (Å²) in [4.78, 5) is 26.8. The van der Waals surface area contributed by atoms with Crippen LogP contribution in [0.1, 0.15) is 12.0 Å². The Kier molecular flexibility index (Phi) is 8.98. The summed E-state index contributed by atoms with van der Waals surface area (Å²) in [5, 5.41) is 6.52. The molecule has 0 fully saturated rings. The molecule has 0 saturated carbocycles. The number of nitrogens with one attached hydrogen (secondary N) is 2. The fraction of sp³-hybridized carbons (Fsp3) is 0.200. The van der Waals surface area contributed by atoms with Crippen molar-refractivity contribution in [2.75, 3.05) is 30.4 Å². The normalized spacial score (nSPS) is 10.4. The molecule has 0 aromatic heterocycles. The lowest BCUT2D eigenvalue weighted by Gasteiger charge is -2.24. The molecule has 0 atom stereocenters. The van der Waals surface area contributed by atoms with E-state index in [1.165, 1.54) is 0 Å². The minimum atomic E-state index is -0.325. The van der Waals surface area contributed by atoms with Crippen molar-refractivity contribution >= 4 is 46.5 Å². The van der Waals surface area contributed by atoms with Crippen LogP contribution >= 0.6 is 23.2 Å². The van der Waals surface area contributed by atoms with Crippen molar-refractivity contribution in [1.29, 1.82) is 0 Å². The highest BCUT2D eigenvalue weighted by molar-refractivity contribution is 6.42. The molecule has 0 spiro atoms. The number of ether oxygens (including phenoxy) is 1. The molecule has 0 saturated heterocycles. The average Bonchev–Trinajstić information content (AvgIpc) is 2.82. The Morgan fingerprint density at radius 2 is 1.67 bits per heavy atom. The van der Waals surface area contributed by atoms with E-state index in [1.54, 1.807) is 54.5 Å². The summed E-state index contributed by atoms with van der Waals surface area (Å²) in [7, 11) is 1.59. The SMILES string of the molecule is COc1ccc(N(CCCNC(=O)Cc2ccccc2)C(=O)Nc2ccc(Cl)c(Cl)c2)cc1. The zero-order chi connectivity index (χ0) is 23.6. The number of urea groups is 1. The molecule has 33 heavy (non-hydrogen) atoms. The molecule has 0 aliphatic heterocycles. The zero-order valence-corrected chi connectivity index (χ0v) is 19.7. The number of amides is 3. The number of nitrogens with zero attached hydrogens (tertiary/aromatic N) is 1. The first-order valence-electron chi connectivity index (χ1n) is 10.4. The summed E-state index contributed by atoms with van der Waals surface area (Å²) < 4.78 is 5.21. The van der Waals surface area contributed by atoms with Crippen LogP contribution in [0.25, 0.3) is 0 Å². The van der Waals surface area contributed by atoms with Crippen LogP contribution in [0.4, 0.5) is 16.2 Å². The van der Waals surface area contributed by atoms with E-state index < -0.39 is 0 Å². The fourth-order valence-corrected chi connectivity index (χ4v) is 3.48. The van der Waals surface area contributed by atoms with E-state index in [-0.39, 0.29) is 11.9 Å². The van der Waals surface area contributed by atoms with E-state index in [4.69, 9.17) is 27.9 Å². The van der Waals surface area contributed by atoms with Gasteiger partial charge in [0.1, 0.15) is 5.75 Å². The van der Waals surface area contributed by atoms with Crippen LogP contribution in [-0.2, 0) is 11.2 Å². The van der Waals surface area contributed by atoms with Crippen molar-refractivity contribution < 1.29 is 14.3 Å². The van der Waals surface area contributed by atoms with Gasteiger partial charge < -0.3 is 15.4 Å². The number of hydrogen-bond donors (Lipinski definition) is 2. The third-order valence-corrected chi connectivity index (χ3v) is 5.63. The molecule has 0 heterocycles.